The van der Waals surface area contributed by atoms with Gasteiger partial charge in [0.25, 0.3) is 0 Å². The minimum atomic E-state index is 0.0981. The Hall–Kier alpha value is -1.62. The Bertz CT molecular complexity index is 454. The predicted molar refractivity (Wildman–Crippen MR) is 90.3 cm³/mol. The Morgan fingerprint density at radius 3 is 2.33 bits per heavy atom. The van der Waals surface area contributed by atoms with Crippen molar-refractivity contribution in [2.24, 2.45) is 5.73 Å². The number of aryl methyl sites for hydroxylation is 1. The lowest BCUT2D eigenvalue weighted by Crippen LogP contribution is -2.30. The maximum absolute atomic E-state index is 7.60. The zero-order chi connectivity index (χ0) is 15.8. The number of amidine groups is 1. The highest BCUT2D eigenvalue weighted by atomic mass is 15.2. The second-order valence-corrected chi connectivity index (χ2v) is 5.23. The Balaban J connectivity index is 2.73. The van der Waals surface area contributed by atoms with Crippen LogP contribution < -0.4 is 10.6 Å². The number of nitrogens with two attached hydrogens (primary N) is 1. The monoisotopic (exact) mass is 291 g/mol. The third kappa shape index (κ3) is 5.34. The molecule has 118 valence electrons. The molecule has 3 N–H and O–H groups in total. The van der Waals surface area contributed by atoms with Crippen LogP contribution in [0.2, 0.25) is 0 Å². The molecule has 1 rings (SSSR count). The molecule has 0 radical (unpaired) electrons. The second-order valence-electron chi connectivity index (χ2n) is 5.23. The smallest absolute Gasteiger partial charge is 0.129 e. The summed E-state index contributed by atoms with van der Waals surface area (Å²) in [6.45, 7) is 13.7. The van der Waals surface area contributed by atoms with E-state index in [9.17, 15) is 0 Å². The Morgan fingerprint density at radius 1 is 1.14 bits per heavy atom. The van der Waals surface area contributed by atoms with E-state index in [1.54, 1.807) is 0 Å². The van der Waals surface area contributed by atoms with Gasteiger partial charge in [-0.25, -0.2) is 4.98 Å². The number of anilines is 1. The molecule has 1 aromatic heterocycles. The summed E-state index contributed by atoms with van der Waals surface area (Å²) in [5.41, 5.74) is 7.25. The fourth-order valence-electron chi connectivity index (χ4n) is 2.43. The second kappa shape index (κ2) is 8.62. The van der Waals surface area contributed by atoms with E-state index >= 15 is 0 Å². The van der Waals surface area contributed by atoms with Crippen molar-refractivity contribution in [3.05, 3.63) is 23.4 Å². The van der Waals surface area contributed by atoms with Gasteiger partial charge in [0.1, 0.15) is 11.7 Å². The van der Waals surface area contributed by atoms with E-state index in [2.05, 4.69) is 35.6 Å². The maximum Gasteiger partial charge on any atom is 0.129 e. The summed E-state index contributed by atoms with van der Waals surface area (Å²) in [6, 6.07) is 3.77. The van der Waals surface area contributed by atoms with E-state index < -0.39 is 0 Å². The van der Waals surface area contributed by atoms with Gasteiger partial charge in [0.05, 0.1) is 0 Å². The van der Waals surface area contributed by atoms with Crippen LogP contribution in [0.25, 0.3) is 0 Å². The quantitative estimate of drug-likeness (QED) is 0.541. The molecule has 0 amide bonds. The van der Waals surface area contributed by atoms with Gasteiger partial charge in [-0.3, -0.25) is 5.41 Å². The zero-order valence-electron chi connectivity index (χ0n) is 13.8. The minimum Gasteiger partial charge on any atom is -0.384 e. The van der Waals surface area contributed by atoms with Gasteiger partial charge >= 0.3 is 0 Å². The molecule has 0 aliphatic rings. The molecule has 1 aromatic rings. The molecule has 0 saturated carbocycles. The first kappa shape index (κ1) is 17.4. The molecule has 0 spiro atoms. The van der Waals surface area contributed by atoms with E-state index in [0.29, 0.717) is 0 Å². The first-order valence-corrected chi connectivity index (χ1v) is 7.82. The molecule has 1 heterocycles. The van der Waals surface area contributed by atoms with E-state index in [4.69, 9.17) is 11.1 Å². The largest absolute Gasteiger partial charge is 0.384 e. The number of nitrogens with zero attached hydrogens (tertiary/aromatic N) is 3. The Kier molecular flexibility index (Phi) is 7.15. The van der Waals surface area contributed by atoms with Gasteiger partial charge in [0.2, 0.25) is 0 Å². The lowest BCUT2D eigenvalue weighted by Gasteiger charge is -2.25. The number of hydrogen-bond acceptors (Lipinski definition) is 4. The van der Waals surface area contributed by atoms with Gasteiger partial charge < -0.3 is 15.5 Å². The van der Waals surface area contributed by atoms with Crippen molar-refractivity contribution in [2.45, 2.75) is 34.1 Å². The van der Waals surface area contributed by atoms with Gasteiger partial charge in [-0.1, -0.05) is 13.8 Å². The number of rotatable bonds is 9. The number of nitrogen functional groups attached to an aromatic ring is 1. The fourth-order valence-corrected chi connectivity index (χ4v) is 2.43. The van der Waals surface area contributed by atoms with E-state index in [1.807, 2.05) is 19.1 Å². The van der Waals surface area contributed by atoms with Gasteiger partial charge in [0, 0.05) is 24.3 Å². The summed E-state index contributed by atoms with van der Waals surface area (Å²) in [6.07, 6.45) is 1.11. The first-order valence-electron chi connectivity index (χ1n) is 7.82. The fraction of sp³-hybridized carbons (Fsp3) is 0.625. The molecule has 0 bridgehead atoms. The molecular weight excluding hydrogens is 262 g/mol. The molecule has 0 atom stereocenters. The lowest BCUT2D eigenvalue weighted by molar-refractivity contribution is 0.300. The molecular formula is C16H29N5. The summed E-state index contributed by atoms with van der Waals surface area (Å²) >= 11 is 0. The molecule has 0 aliphatic carbocycles. The van der Waals surface area contributed by atoms with Gasteiger partial charge in [-0.2, -0.15) is 0 Å². The van der Waals surface area contributed by atoms with Gasteiger partial charge in [-0.05, 0) is 52.0 Å². The van der Waals surface area contributed by atoms with Crippen molar-refractivity contribution in [3.63, 3.8) is 0 Å². The average molecular weight is 291 g/mol. The van der Waals surface area contributed by atoms with Crippen LogP contribution in [0.5, 0.6) is 0 Å². The Morgan fingerprint density at radius 2 is 1.81 bits per heavy atom. The van der Waals surface area contributed by atoms with Crippen LogP contribution in [0.15, 0.2) is 12.1 Å². The van der Waals surface area contributed by atoms with Crippen molar-refractivity contribution < 1.29 is 0 Å². The van der Waals surface area contributed by atoms with Crippen molar-refractivity contribution in [2.75, 3.05) is 37.6 Å². The van der Waals surface area contributed by atoms with Crippen LogP contribution in [0.4, 0.5) is 5.82 Å². The van der Waals surface area contributed by atoms with Crippen LogP contribution in [0, 0.1) is 12.3 Å². The molecule has 5 heteroatoms. The van der Waals surface area contributed by atoms with Crippen LogP contribution in [0.1, 0.15) is 38.4 Å². The molecule has 0 saturated heterocycles. The summed E-state index contributed by atoms with van der Waals surface area (Å²) < 4.78 is 0. The maximum atomic E-state index is 7.60. The van der Waals surface area contributed by atoms with Crippen LogP contribution in [-0.4, -0.2) is 48.4 Å². The van der Waals surface area contributed by atoms with E-state index in [1.165, 1.54) is 0 Å². The SMILES string of the molecule is CCN(CC)CCCN(CC)c1cc(C(=N)N)cc(C)n1. The normalized spacial score (nSPS) is 10.9. The van der Waals surface area contributed by atoms with Crippen molar-refractivity contribution in [3.8, 4) is 0 Å². The first-order chi connectivity index (χ1) is 10.0. The molecule has 21 heavy (non-hydrogen) atoms. The van der Waals surface area contributed by atoms with Crippen molar-refractivity contribution in [1.82, 2.24) is 9.88 Å². The highest BCUT2D eigenvalue weighted by Crippen LogP contribution is 2.15. The topological polar surface area (TPSA) is 69.2 Å². The summed E-state index contributed by atoms with van der Waals surface area (Å²) in [7, 11) is 0. The third-order valence-corrected chi connectivity index (χ3v) is 3.75. The van der Waals surface area contributed by atoms with Gasteiger partial charge in [0.15, 0.2) is 0 Å². The molecule has 0 aliphatic heterocycles. The number of hydrogen-bond donors (Lipinski definition) is 2. The minimum absolute atomic E-state index is 0.0981. The third-order valence-electron chi connectivity index (χ3n) is 3.75. The van der Waals surface area contributed by atoms with Crippen LogP contribution in [-0.2, 0) is 0 Å². The van der Waals surface area contributed by atoms with Crippen LogP contribution in [0.3, 0.4) is 0 Å². The summed E-state index contributed by atoms with van der Waals surface area (Å²) in [5.74, 6) is 1.02. The summed E-state index contributed by atoms with van der Waals surface area (Å²) in [5, 5.41) is 7.60. The number of aromatic nitrogens is 1. The van der Waals surface area contributed by atoms with Crippen LogP contribution >= 0.6 is 0 Å². The Labute approximate surface area is 128 Å². The number of pyridine rings is 1. The van der Waals surface area contributed by atoms with Crippen molar-refractivity contribution in [1.29, 1.82) is 5.41 Å². The van der Waals surface area contributed by atoms with E-state index in [-0.39, 0.29) is 5.84 Å². The van der Waals surface area contributed by atoms with E-state index in [0.717, 1.165) is 56.2 Å². The summed E-state index contributed by atoms with van der Waals surface area (Å²) in [4.78, 5) is 9.27. The molecule has 5 nitrogen and oxygen atoms in total. The lowest BCUT2D eigenvalue weighted by atomic mass is 10.2. The zero-order valence-corrected chi connectivity index (χ0v) is 13.8. The number of nitrogens with one attached hydrogen (secondary N) is 1. The highest BCUT2D eigenvalue weighted by Gasteiger charge is 2.10. The average Bonchev–Trinajstić information content (AvgIpc) is 2.47. The highest BCUT2D eigenvalue weighted by molar-refractivity contribution is 5.95. The molecule has 0 aromatic carbocycles. The predicted octanol–water partition coefficient (Wildman–Crippen LogP) is 2.23. The standard InChI is InChI=1S/C16H29N5/c1-5-20(6-2)9-8-10-21(7-3)15-12-14(16(17)18)11-13(4)19-15/h11-12H,5-10H2,1-4H3,(H3,17,18). The van der Waals surface area contributed by atoms with Gasteiger partial charge in [-0.15, -0.1) is 0 Å². The van der Waals surface area contributed by atoms with Crippen molar-refractivity contribution >= 4 is 11.7 Å². The molecule has 0 unspecified atom stereocenters. The molecule has 0 fully saturated rings.